The Kier molecular flexibility index (Phi) is 18.5. The first-order valence-corrected chi connectivity index (χ1v) is 20.7. The summed E-state index contributed by atoms with van der Waals surface area (Å²) in [5.41, 5.74) is 7.59. The smallest absolute Gasteiger partial charge is 0.393 e. The van der Waals surface area contributed by atoms with Gasteiger partial charge in [0.25, 0.3) is 0 Å². The number of carboxylic acids is 1. The molecule has 3 aromatic carbocycles. The van der Waals surface area contributed by atoms with E-state index in [1.807, 2.05) is 54.5 Å². The number of Topliss-reactive ketones (excluding diaryl/α,β-unsaturated/α-hetero) is 2. The molecule has 4 rings (SSSR count). The van der Waals surface area contributed by atoms with Crippen LogP contribution in [0.4, 0.5) is 13.2 Å². The third-order valence-electron chi connectivity index (χ3n) is 11.2. The second-order valence-electron chi connectivity index (χ2n) is 15.5. The molecule has 1 atom stereocenters. The molecule has 0 saturated carbocycles. The van der Waals surface area contributed by atoms with E-state index >= 15 is 0 Å². The topological polar surface area (TPSA) is 144 Å². The number of ether oxygens (including phenoxy) is 2. The molecular weight excluding hydrogens is 857 g/mol. The van der Waals surface area contributed by atoms with Crippen LogP contribution in [0.5, 0.6) is 11.5 Å². The van der Waals surface area contributed by atoms with Crippen molar-refractivity contribution in [1.29, 1.82) is 0 Å². The van der Waals surface area contributed by atoms with Crippen molar-refractivity contribution in [3.05, 3.63) is 112 Å². The first-order valence-electron chi connectivity index (χ1n) is 19.9. The fraction of sp³-hybridized carbons (Fsp3) is 0.438. The van der Waals surface area contributed by atoms with Crippen molar-refractivity contribution in [2.24, 2.45) is 5.92 Å². The van der Waals surface area contributed by atoms with Gasteiger partial charge in [0.05, 0.1) is 40.6 Å². The predicted molar refractivity (Wildman–Crippen MR) is 234 cm³/mol. The highest BCUT2D eigenvalue weighted by atomic mass is 79.9. The Bertz CT molecular complexity index is 2270. The molecule has 1 aliphatic rings. The van der Waals surface area contributed by atoms with Crippen molar-refractivity contribution in [2.45, 2.75) is 128 Å². The predicted octanol–water partition coefficient (Wildman–Crippen LogP) is 12.0. The number of carbonyl (C=O) groups excluding carboxylic acids is 4. The SMILES string of the molecule is CCCC(=O)C1C(C)=CC(=O)C=C1OC.CCCC(=O)c1c(C)c(C)c(C)c(Br)c1O.Cc1cc(C)c(C(=O)Oc2c(C)c(C)c(C(=O)O)c(C)c2CC(F)(F)F)c(C)c1C. The fourth-order valence-electron chi connectivity index (χ4n) is 7.37. The molecule has 0 radical (unpaired) electrons. The molecule has 9 nitrogen and oxygen atoms in total. The number of halogens is 4. The van der Waals surface area contributed by atoms with E-state index in [4.69, 9.17) is 9.47 Å². The standard InChI is InChI=1S/C23H25F3O4.C13H17BrO2.C12H16O3/c1-10-8-11(2)18(13(4)12(10)3)22(29)30-20-15(6)14(5)19(21(27)28)16(7)17(20)9-23(24,25)26;1-5-6-10(15)11-8(3)7(2)9(4)12(14)13(11)16;1-4-5-10(14)12-8(2)6-9(13)7-11(12)15-3/h8H,9H2,1-7H3,(H,27,28);16H,5-6H2,1-4H3;6-7,12H,4-5H2,1-3H3. The first kappa shape index (κ1) is 52.1. The molecule has 2 N–H and O–H groups in total. The fourth-order valence-corrected chi connectivity index (χ4v) is 7.87. The molecule has 0 spiro atoms. The lowest BCUT2D eigenvalue weighted by Gasteiger charge is -2.22. The van der Waals surface area contributed by atoms with Crippen LogP contribution in [0.15, 0.2) is 34.0 Å². The Hall–Kier alpha value is -5.04. The number of carbonyl (C=O) groups is 5. The van der Waals surface area contributed by atoms with Gasteiger partial charge in [0.2, 0.25) is 0 Å². The van der Waals surface area contributed by atoms with Gasteiger partial charge in [-0.1, -0.05) is 25.5 Å². The van der Waals surface area contributed by atoms with Crippen LogP contribution in [-0.4, -0.2) is 52.8 Å². The van der Waals surface area contributed by atoms with Crippen molar-refractivity contribution >= 4 is 45.2 Å². The van der Waals surface area contributed by atoms with Crippen LogP contribution in [0.3, 0.4) is 0 Å². The first-order chi connectivity index (χ1) is 28.2. The highest BCUT2D eigenvalue weighted by Gasteiger charge is 2.34. The quantitative estimate of drug-likeness (QED) is 0.109. The third kappa shape index (κ3) is 12.3. The molecule has 61 heavy (non-hydrogen) atoms. The number of methoxy groups -OCH3 is 1. The summed E-state index contributed by atoms with van der Waals surface area (Å²) in [4.78, 5) is 59.6. The lowest BCUT2D eigenvalue weighted by Crippen LogP contribution is -2.23. The Morgan fingerprint density at radius 3 is 1.77 bits per heavy atom. The van der Waals surface area contributed by atoms with Gasteiger partial charge in [-0.25, -0.2) is 9.59 Å². The van der Waals surface area contributed by atoms with Gasteiger partial charge in [-0.2, -0.15) is 13.2 Å². The number of esters is 1. The molecule has 0 saturated heterocycles. The minimum Gasteiger partial charge on any atom is -0.506 e. The summed E-state index contributed by atoms with van der Waals surface area (Å²) in [7, 11) is 1.49. The van der Waals surface area contributed by atoms with Gasteiger partial charge in [0.15, 0.2) is 11.6 Å². The van der Waals surface area contributed by atoms with Crippen LogP contribution in [0.1, 0.15) is 139 Å². The zero-order valence-electron chi connectivity index (χ0n) is 37.6. The van der Waals surface area contributed by atoms with Crippen molar-refractivity contribution < 1.29 is 56.8 Å². The van der Waals surface area contributed by atoms with E-state index in [1.165, 1.54) is 40.0 Å². The zero-order valence-corrected chi connectivity index (χ0v) is 39.2. The van der Waals surface area contributed by atoms with Crippen molar-refractivity contribution in [2.75, 3.05) is 7.11 Å². The number of carboxylic acid groups (broad SMARTS) is 1. The lowest BCUT2D eigenvalue weighted by molar-refractivity contribution is -0.127. The average Bonchev–Trinajstić information content (AvgIpc) is 3.15. The van der Waals surface area contributed by atoms with Gasteiger partial charge >= 0.3 is 18.1 Å². The van der Waals surface area contributed by atoms with Crippen molar-refractivity contribution in [3.8, 4) is 11.5 Å². The number of hydrogen-bond acceptors (Lipinski definition) is 8. The summed E-state index contributed by atoms with van der Waals surface area (Å²) < 4.78 is 51.0. The Balaban J connectivity index is 0.000000348. The second kappa shape index (κ2) is 21.7. The van der Waals surface area contributed by atoms with E-state index in [9.17, 15) is 47.4 Å². The van der Waals surface area contributed by atoms with Gasteiger partial charge in [0, 0.05) is 24.5 Å². The maximum Gasteiger partial charge on any atom is 0.393 e. The summed E-state index contributed by atoms with van der Waals surface area (Å²) >= 11 is 3.33. The summed E-state index contributed by atoms with van der Waals surface area (Å²) in [6.07, 6.45) is -0.501. The highest BCUT2D eigenvalue weighted by Crippen LogP contribution is 2.39. The zero-order chi connectivity index (χ0) is 47.0. The molecule has 0 fully saturated rings. The molecule has 0 aromatic heterocycles. The van der Waals surface area contributed by atoms with Gasteiger partial charge in [0.1, 0.15) is 23.0 Å². The summed E-state index contributed by atoms with van der Waals surface area (Å²) in [6.45, 7) is 23.0. The van der Waals surface area contributed by atoms with Crippen LogP contribution in [0, 0.1) is 75.2 Å². The van der Waals surface area contributed by atoms with E-state index in [-0.39, 0.29) is 62.6 Å². The summed E-state index contributed by atoms with van der Waals surface area (Å²) in [5.74, 6) is -2.09. The van der Waals surface area contributed by atoms with E-state index in [2.05, 4.69) is 15.9 Å². The number of aryl methyl sites for hydroxylation is 2. The molecule has 0 amide bonds. The Labute approximate surface area is 365 Å². The average molecular weight is 916 g/mol. The third-order valence-corrected chi connectivity index (χ3v) is 12.2. The van der Waals surface area contributed by atoms with Crippen LogP contribution in [-0.2, 0) is 20.7 Å². The van der Waals surface area contributed by atoms with Crippen LogP contribution >= 0.6 is 15.9 Å². The highest BCUT2D eigenvalue weighted by molar-refractivity contribution is 9.10. The molecule has 0 bridgehead atoms. The second-order valence-corrected chi connectivity index (χ2v) is 16.2. The van der Waals surface area contributed by atoms with Crippen molar-refractivity contribution in [3.63, 3.8) is 0 Å². The number of rotatable bonds is 11. The number of hydrogen-bond donors (Lipinski definition) is 2. The van der Waals surface area contributed by atoms with Gasteiger partial charge in [-0.3, -0.25) is 14.4 Å². The lowest BCUT2D eigenvalue weighted by atomic mass is 9.87. The van der Waals surface area contributed by atoms with Crippen LogP contribution in [0.25, 0.3) is 0 Å². The van der Waals surface area contributed by atoms with Gasteiger partial charge in [-0.05, 0) is 167 Å². The molecule has 3 aromatic rings. The minimum absolute atomic E-state index is 0.0151. The van der Waals surface area contributed by atoms with Gasteiger partial charge < -0.3 is 19.7 Å². The van der Waals surface area contributed by atoms with Crippen LogP contribution < -0.4 is 4.74 Å². The normalized spacial score (nSPS) is 13.5. The maximum atomic E-state index is 13.3. The molecule has 332 valence electrons. The number of phenols is 1. The number of ketones is 3. The number of benzene rings is 3. The number of alkyl halides is 3. The molecule has 0 heterocycles. The molecule has 1 aliphatic carbocycles. The summed E-state index contributed by atoms with van der Waals surface area (Å²) in [5, 5.41) is 19.5. The van der Waals surface area contributed by atoms with Crippen LogP contribution in [0.2, 0.25) is 0 Å². The minimum atomic E-state index is -4.60. The van der Waals surface area contributed by atoms with Crippen molar-refractivity contribution in [1.82, 2.24) is 0 Å². The van der Waals surface area contributed by atoms with E-state index < -0.39 is 24.5 Å². The number of aromatic hydroxyl groups is 1. The molecular formula is C48H58BrF3O9. The maximum absolute atomic E-state index is 13.3. The Morgan fingerprint density at radius 1 is 0.721 bits per heavy atom. The number of allylic oxidation sites excluding steroid dienone is 3. The van der Waals surface area contributed by atoms with E-state index in [0.29, 0.717) is 45.3 Å². The van der Waals surface area contributed by atoms with Gasteiger partial charge in [-0.15, -0.1) is 0 Å². The molecule has 13 heteroatoms. The summed E-state index contributed by atoms with van der Waals surface area (Å²) in [6, 6.07) is 1.83. The van der Waals surface area contributed by atoms with E-state index in [1.54, 1.807) is 20.8 Å². The largest absolute Gasteiger partial charge is 0.506 e. The monoisotopic (exact) mass is 914 g/mol. The molecule has 0 aliphatic heterocycles. The number of aromatic carboxylic acids is 1. The molecule has 1 unspecified atom stereocenters. The Morgan fingerprint density at radius 2 is 1.26 bits per heavy atom. The van der Waals surface area contributed by atoms with E-state index in [0.717, 1.165) is 46.2 Å². The number of phenolic OH excluding ortho intramolecular Hbond substituents is 1.